The first kappa shape index (κ1) is 20.8. The molecule has 3 aromatic rings. The molecule has 0 aliphatic carbocycles. The number of aromatic hydroxyl groups is 1. The predicted octanol–water partition coefficient (Wildman–Crippen LogP) is 3.13. The van der Waals surface area contributed by atoms with Gasteiger partial charge in [-0.05, 0) is 29.8 Å². The van der Waals surface area contributed by atoms with Crippen LogP contribution in [0.4, 0.5) is 17.8 Å². The minimum absolute atomic E-state index is 0.140. The number of para-hydroxylation sites is 1. The number of hydrogen-bond donors (Lipinski definition) is 3. The second kappa shape index (κ2) is 10.1. The molecule has 0 saturated carbocycles. The van der Waals surface area contributed by atoms with Crippen molar-refractivity contribution in [3.63, 3.8) is 0 Å². The number of hydrogen-bond acceptors (Lipinski definition) is 9. The summed E-state index contributed by atoms with van der Waals surface area (Å²) in [6.45, 7) is 3.13. The minimum Gasteiger partial charge on any atom is -0.507 e. The molecular formula is C21H22ClN7O2. The second-order valence-electron chi connectivity index (χ2n) is 6.79. The first-order valence-corrected chi connectivity index (χ1v) is 10.2. The van der Waals surface area contributed by atoms with Crippen LogP contribution in [0.1, 0.15) is 11.1 Å². The molecule has 0 radical (unpaired) electrons. The highest BCUT2D eigenvalue weighted by molar-refractivity contribution is 6.30. The number of phenolic OH excluding ortho intramolecular Hbond substituents is 1. The summed E-state index contributed by atoms with van der Waals surface area (Å²) < 4.78 is 5.42. The molecule has 2 heterocycles. The fourth-order valence-corrected chi connectivity index (χ4v) is 3.20. The number of morpholine rings is 1. The smallest absolute Gasteiger partial charge is 0.250 e. The molecule has 0 atom stereocenters. The number of ether oxygens (including phenoxy) is 1. The van der Waals surface area contributed by atoms with Crippen molar-refractivity contribution in [2.75, 3.05) is 41.9 Å². The first-order chi connectivity index (χ1) is 15.2. The third kappa shape index (κ3) is 5.80. The van der Waals surface area contributed by atoms with Gasteiger partial charge in [-0.2, -0.15) is 20.1 Å². The standard InChI is InChI=1S/C21H22ClN7O2/c22-17-6-3-4-15(12-17)13-23-19-25-20(27-21(26-19)29-8-10-31-11-9-29)28-24-14-16-5-1-2-7-18(16)30/h1-7,12,14,30H,8-11,13H2,(H2,23,25,26,27,28). The van der Waals surface area contributed by atoms with Gasteiger partial charge in [-0.1, -0.05) is 35.9 Å². The van der Waals surface area contributed by atoms with E-state index in [2.05, 4.69) is 30.8 Å². The van der Waals surface area contributed by atoms with E-state index in [9.17, 15) is 5.11 Å². The molecule has 3 N–H and O–H groups in total. The maximum absolute atomic E-state index is 9.87. The van der Waals surface area contributed by atoms with Gasteiger partial charge < -0.3 is 20.1 Å². The fourth-order valence-electron chi connectivity index (χ4n) is 2.98. The van der Waals surface area contributed by atoms with Crippen LogP contribution in [0.25, 0.3) is 0 Å². The highest BCUT2D eigenvalue weighted by Gasteiger charge is 2.16. The van der Waals surface area contributed by atoms with Gasteiger partial charge >= 0.3 is 0 Å². The molecule has 31 heavy (non-hydrogen) atoms. The zero-order chi connectivity index (χ0) is 21.5. The van der Waals surface area contributed by atoms with Crippen LogP contribution in [0.3, 0.4) is 0 Å². The number of hydrazone groups is 1. The molecule has 10 heteroatoms. The van der Waals surface area contributed by atoms with Gasteiger partial charge in [-0.25, -0.2) is 5.43 Å². The van der Waals surface area contributed by atoms with Crippen molar-refractivity contribution < 1.29 is 9.84 Å². The van der Waals surface area contributed by atoms with Gasteiger partial charge in [0.1, 0.15) is 5.75 Å². The van der Waals surface area contributed by atoms with Crippen LogP contribution in [0.5, 0.6) is 5.75 Å². The fraction of sp³-hybridized carbons (Fsp3) is 0.238. The lowest BCUT2D eigenvalue weighted by Crippen LogP contribution is -2.37. The summed E-state index contributed by atoms with van der Waals surface area (Å²) in [4.78, 5) is 15.5. The van der Waals surface area contributed by atoms with Crippen molar-refractivity contribution >= 4 is 35.7 Å². The minimum atomic E-state index is 0.140. The van der Waals surface area contributed by atoms with E-state index in [1.54, 1.807) is 18.2 Å². The summed E-state index contributed by atoms with van der Waals surface area (Å²) >= 11 is 6.07. The van der Waals surface area contributed by atoms with E-state index in [4.69, 9.17) is 16.3 Å². The molecule has 0 bridgehead atoms. The van der Waals surface area contributed by atoms with E-state index in [0.717, 1.165) is 5.56 Å². The van der Waals surface area contributed by atoms with Crippen molar-refractivity contribution in [1.29, 1.82) is 0 Å². The summed E-state index contributed by atoms with van der Waals surface area (Å²) in [5.41, 5.74) is 4.41. The van der Waals surface area contributed by atoms with E-state index in [-0.39, 0.29) is 11.7 Å². The van der Waals surface area contributed by atoms with Crippen LogP contribution in [-0.4, -0.2) is 52.6 Å². The lowest BCUT2D eigenvalue weighted by Gasteiger charge is -2.27. The molecule has 9 nitrogen and oxygen atoms in total. The number of halogens is 1. The number of anilines is 3. The van der Waals surface area contributed by atoms with Gasteiger partial charge in [0.25, 0.3) is 0 Å². The number of benzene rings is 2. The maximum atomic E-state index is 9.87. The summed E-state index contributed by atoms with van der Waals surface area (Å²) in [7, 11) is 0. The quantitative estimate of drug-likeness (QED) is 0.380. The second-order valence-corrected chi connectivity index (χ2v) is 7.23. The number of phenols is 1. The van der Waals surface area contributed by atoms with Gasteiger partial charge in [0.05, 0.1) is 19.4 Å². The van der Waals surface area contributed by atoms with Crippen molar-refractivity contribution in [3.05, 3.63) is 64.7 Å². The Bertz CT molecular complexity index is 1060. The number of nitrogens with one attached hydrogen (secondary N) is 2. The van der Waals surface area contributed by atoms with Crippen LogP contribution in [0.15, 0.2) is 53.6 Å². The number of rotatable bonds is 7. The third-order valence-corrected chi connectivity index (χ3v) is 4.80. The lowest BCUT2D eigenvalue weighted by atomic mass is 10.2. The summed E-state index contributed by atoms with van der Waals surface area (Å²) in [6.07, 6.45) is 1.51. The van der Waals surface area contributed by atoms with E-state index in [1.807, 2.05) is 35.2 Å². The third-order valence-electron chi connectivity index (χ3n) is 4.56. The predicted molar refractivity (Wildman–Crippen MR) is 121 cm³/mol. The zero-order valence-electron chi connectivity index (χ0n) is 16.7. The largest absolute Gasteiger partial charge is 0.507 e. The topological polar surface area (TPSA) is 108 Å². The van der Waals surface area contributed by atoms with Crippen LogP contribution >= 0.6 is 11.6 Å². The Kier molecular flexibility index (Phi) is 6.75. The highest BCUT2D eigenvalue weighted by atomic mass is 35.5. The number of nitrogens with zero attached hydrogens (tertiary/aromatic N) is 5. The molecule has 160 valence electrons. The van der Waals surface area contributed by atoms with Gasteiger partial charge in [0.2, 0.25) is 17.8 Å². The summed E-state index contributed by atoms with van der Waals surface area (Å²) in [5, 5.41) is 17.9. The molecule has 4 rings (SSSR count). The Hall–Kier alpha value is -3.43. The van der Waals surface area contributed by atoms with Gasteiger partial charge in [-0.15, -0.1) is 0 Å². The Morgan fingerprint density at radius 2 is 1.87 bits per heavy atom. The van der Waals surface area contributed by atoms with Crippen LogP contribution in [-0.2, 0) is 11.3 Å². The number of aromatic nitrogens is 3. The van der Waals surface area contributed by atoms with Crippen molar-refractivity contribution in [1.82, 2.24) is 15.0 Å². The first-order valence-electron chi connectivity index (χ1n) is 9.81. The van der Waals surface area contributed by atoms with Crippen LogP contribution in [0, 0.1) is 0 Å². The molecule has 1 aliphatic rings. The monoisotopic (exact) mass is 439 g/mol. The lowest BCUT2D eigenvalue weighted by molar-refractivity contribution is 0.122. The summed E-state index contributed by atoms with van der Waals surface area (Å²) in [5.74, 6) is 1.38. The molecule has 1 saturated heterocycles. The van der Waals surface area contributed by atoms with E-state index in [1.165, 1.54) is 6.21 Å². The SMILES string of the molecule is Oc1ccccc1C=NNc1nc(NCc2cccc(Cl)c2)nc(N2CCOCC2)n1. The summed E-state index contributed by atoms with van der Waals surface area (Å²) in [6, 6.07) is 14.5. The normalized spacial score (nSPS) is 14.0. The molecule has 0 spiro atoms. The van der Waals surface area contributed by atoms with E-state index in [0.29, 0.717) is 55.3 Å². The Morgan fingerprint density at radius 1 is 1.06 bits per heavy atom. The Balaban J connectivity index is 1.53. The van der Waals surface area contributed by atoms with Crippen molar-refractivity contribution in [3.8, 4) is 5.75 Å². The molecule has 2 aromatic carbocycles. The average molecular weight is 440 g/mol. The molecule has 1 fully saturated rings. The molecular weight excluding hydrogens is 418 g/mol. The highest BCUT2D eigenvalue weighted by Crippen LogP contribution is 2.17. The maximum Gasteiger partial charge on any atom is 0.250 e. The average Bonchev–Trinajstić information content (AvgIpc) is 2.80. The van der Waals surface area contributed by atoms with Gasteiger partial charge in [-0.3, -0.25) is 0 Å². The van der Waals surface area contributed by atoms with Crippen molar-refractivity contribution in [2.24, 2.45) is 5.10 Å². The van der Waals surface area contributed by atoms with Crippen LogP contribution < -0.4 is 15.6 Å². The Labute approximate surface area is 184 Å². The molecule has 0 unspecified atom stereocenters. The van der Waals surface area contributed by atoms with Gasteiger partial charge in [0.15, 0.2) is 0 Å². The van der Waals surface area contributed by atoms with Gasteiger partial charge in [0, 0.05) is 30.2 Å². The molecule has 1 aliphatic heterocycles. The molecule has 1 aromatic heterocycles. The zero-order valence-corrected chi connectivity index (χ0v) is 17.5. The van der Waals surface area contributed by atoms with E-state index >= 15 is 0 Å². The van der Waals surface area contributed by atoms with E-state index < -0.39 is 0 Å². The van der Waals surface area contributed by atoms with Crippen molar-refractivity contribution in [2.45, 2.75) is 6.54 Å². The molecule has 0 amide bonds. The Morgan fingerprint density at radius 3 is 2.68 bits per heavy atom. The van der Waals surface area contributed by atoms with Crippen LogP contribution in [0.2, 0.25) is 5.02 Å².